The van der Waals surface area contributed by atoms with E-state index in [1.807, 2.05) is 0 Å². The number of amides is 2. The highest BCUT2D eigenvalue weighted by Crippen LogP contribution is 2.21. The van der Waals surface area contributed by atoms with Crippen LogP contribution in [0.25, 0.3) is 0 Å². The molecule has 114 valence electrons. The molecule has 1 atom stereocenters. The lowest BCUT2D eigenvalue weighted by Crippen LogP contribution is -2.34. The molecule has 0 unspecified atom stereocenters. The molecule has 1 aliphatic heterocycles. The number of nitrogens with one attached hydrogen (secondary N) is 1. The Bertz CT molecular complexity index is 669. The number of benzene rings is 1. The van der Waals surface area contributed by atoms with Crippen molar-refractivity contribution < 1.29 is 23.1 Å². The van der Waals surface area contributed by atoms with E-state index in [0.29, 0.717) is 5.69 Å². The maximum Gasteiger partial charge on any atom is 0.414 e. The van der Waals surface area contributed by atoms with E-state index in [0.717, 1.165) is 0 Å². The highest BCUT2D eigenvalue weighted by molar-refractivity contribution is 5.92. The van der Waals surface area contributed by atoms with Gasteiger partial charge in [-0.15, -0.1) is 0 Å². The largest absolute Gasteiger partial charge is 0.459 e. The van der Waals surface area contributed by atoms with E-state index in [-0.39, 0.29) is 30.6 Å². The van der Waals surface area contributed by atoms with Crippen LogP contribution in [0.15, 0.2) is 47.1 Å². The van der Waals surface area contributed by atoms with Crippen molar-refractivity contribution in [3.63, 3.8) is 0 Å². The number of anilines is 1. The Labute approximate surface area is 125 Å². The molecule has 0 aliphatic carbocycles. The van der Waals surface area contributed by atoms with Gasteiger partial charge in [0.1, 0.15) is 11.9 Å². The average Bonchev–Trinajstić information content (AvgIpc) is 3.15. The molecule has 0 spiro atoms. The molecule has 1 aliphatic rings. The van der Waals surface area contributed by atoms with Crippen LogP contribution >= 0.6 is 0 Å². The Balaban J connectivity index is 1.58. The summed E-state index contributed by atoms with van der Waals surface area (Å²) in [6.45, 7) is 0.450. The molecule has 22 heavy (non-hydrogen) atoms. The number of carbonyl (C=O) groups is 2. The van der Waals surface area contributed by atoms with Gasteiger partial charge in [0, 0.05) is 5.69 Å². The Morgan fingerprint density at radius 1 is 1.32 bits per heavy atom. The van der Waals surface area contributed by atoms with E-state index in [2.05, 4.69) is 5.32 Å². The second kappa shape index (κ2) is 5.88. The van der Waals surface area contributed by atoms with Crippen LogP contribution in [0.2, 0.25) is 0 Å². The molecule has 1 saturated heterocycles. The zero-order valence-electron chi connectivity index (χ0n) is 11.5. The van der Waals surface area contributed by atoms with E-state index in [1.54, 1.807) is 12.1 Å². The third-order valence-corrected chi connectivity index (χ3v) is 3.25. The molecule has 2 amide bonds. The van der Waals surface area contributed by atoms with E-state index in [4.69, 9.17) is 9.15 Å². The zero-order chi connectivity index (χ0) is 15.5. The van der Waals surface area contributed by atoms with Crippen molar-refractivity contribution in [3.05, 3.63) is 54.2 Å². The quantitative estimate of drug-likeness (QED) is 0.939. The zero-order valence-corrected chi connectivity index (χ0v) is 11.5. The first-order valence-corrected chi connectivity index (χ1v) is 6.69. The summed E-state index contributed by atoms with van der Waals surface area (Å²) in [6.07, 6.45) is 0.404. The number of nitrogens with zero attached hydrogens (tertiary/aromatic N) is 1. The molecule has 6 nitrogen and oxygen atoms in total. The van der Waals surface area contributed by atoms with Gasteiger partial charge >= 0.3 is 6.09 Å². The second-order valence-electron chi connectivity index (χ2n) is 4.78. The highest BCUT2D eigenvalue weighted by Gasteiger charge is 2.32. The lowest BCUT2D eigenvalue weighted by atomic mass is 10.2. The minimum Gasteiger partial charge on any atom is -0.459 e. The SMILES string of the molecule is O=C(NC[C@H]1CN(c2ccc(F)cc2)C(=O)O1)c1ccco1. The number of halogens is 1. The number of furan rings is 1. The predicted molar refractivity (Wildman–Crippen MR) is 75.1 cm³/mol. The standard InChI is InChI=1S/C15H13FN2O4/c16-10-3-5-11(6-4-10)18-9-12(22-15(18)20)8-17-14(19)13-2-1-7-21-13/h1-7,12H,8-9H2,(H,17,19)/t12-/m0/s1. The molecule has 0 radical (unpaired) electrons. The molecule has 1 aromatic heterocycles. The van der Waals surface area contributed by atoms with E-state index in [9.17, 15) is 14.0 Å². The first kappa shape index (κ1) is 14.1. The molecular weight excluding hydrogens is 291 g/mol. The Kier molecular flexibility index (Phi) is 3.78. The summed E-state index contributed by atoms with van der Waals surface area (Å²) in [7, 11) is 0. The summed E-state index contributed by atoms with van der Waals surface area (Å²) in [5.74, 6) is -0.556. The second-order valence-corrected chi connectivity index (χ2v) is 4.78. The van der Waals surface area contributed by atoms with Crippen molar-refractivity contribution in [1.82, 2.24) is 5.32 Å². The molecule has 0 saturated carbocycles. The summed E-state index contributed by atoms with van der Waals surface area (Å²) in [5.41, 5.74) is 0.547. The number of rotatable bonds is 4. The first-order chi connectivity index (χ1) is 10.6. The first-order valence-electron chi connectivity index (χ1n) is 6.69. The van der Waals surface area contributed by atoms with E-state index >= 15 is 0 Å². The molecule has 0 bridgehead atoms. The molecule has 7 heteroatoms. The molecule has 1 aromatic carbocycles. The number of hydrogen-bond donors (Lipinski definition) is 1. The Hall–Kier alpha value is -2.83. The number of hydrogen-bond acceptors (Lipinski definition) is 4. The number of cyclic esters (lactones) is 1. The van der Waals surface area contributed by atoms with Crippen molar-refractivity contribution in [2.45, 2.75) is 6.10 Å². The summed E-state index contributed by atoms with van der Waals surface area (Å²) < 4.78 is 23.0. The monoisotopic (exact) mass is 304 g/mol. The number of carbonyl (C=O) groups excluding carboxylic acids is 2. The van der Waals surface area contributed by atoms with Gasteiger partial charge in [0.25, 0.3) is 5.91 Å². The summed E-state index contributed by atoms with van der Waals surface area (Å²) in [6, 6.07) is 8.70. The van der Waals surface area contributed by atoms with E-state index in [1.165, 1.54) is 35.4 Å². The molecule has 1 fully saturated rings. The van der Waals surface area contributed by atoms with Gasteiger partial charge in [0.15, 0.2) is 5.76 Å². The molecule has 2 aromatic rings. The van der Waals surface area contributed by atoms with Crippen LogP contribution in [0.1, 0.15) is 10.6 Å². The van der Waals surface area contributed by atoms with Gasteiger partial charge in [-0.05, 0) is 36.4 Å². The van der Waals surface area contributed by atoms with Crippen molar-refractivity contribution in [1.29, 1.82) is 0 Å². The molecule has 3 rings (SSSR count). The normalized spacial score (nSPS) is 17.4. The van der Waals surface area contributed by atoms with Gasteiger partial charge in [0.05, 0.1) is 19.4 Å². The minimum absolute atomic E-state index is 0.170. The van der Waals surface area contributed by atoms with Gasteiger partial charge in [-0.25, -0.2) is 9.18 Å². The van der Waals surface area contributed by atoms with Crippen molar-refractivity contribution in [2.24, 2.45) is 0 Å². The predicted octanol–water partition coefficient (Wildman–Crippen LogP) is 2.17. The number of ether oxygens (including phenoxy) is 1. The van der Waals surface area contributed by atoms with E-state index < -0.39 is 12.2 Å². The van der Waals surface area contributed by atoms with Crippen LogP contribution in [0, 0.1) is 5.82 Å². The minimum atomic E-state index is -0.524. The Morgan fingerprint density at radius 3 is 2.77 bits per heavy atom. The third-order valence-electron chi connectivity index (χ3n) is 3.25. The van der Waals surface area contributed by atoms with Crippen LogP contribution in [0.3, 0.4) is 0 Å². The van der Waals surface area contributed by atoms with Crippen LogP contribution in [-0.2, 0) is 4.74 Å². The fourth-order valence-electron chi connectivity index (χ4n) is 2.16. The molecular formula is C15H13FN2O4. The topological polar surface area (TPSA) is 71.8 Å². The summed E-state index contributed by atoms with van der Waals surface area (Å²) >= 11 is 0. The molecule has 1 N–H and O–H groups in total. The van der Waals surface area contributed by atoms with Gasteiger partial charge in [-0.1, -0.05) is 0 Å². The van der Waals surface area contributed by atoms with Crippen molar-refractivity contribution in [3.8, 4) is 0 Å². The van der Waals surface area contributed by atoms with Gasteiger partial charge in [-0.3, -0.25) is 9.69 Å². The maximum absolute atomic E-state index is 12.9. The molecule has 2 heterocycles. The van der Waals surface area contributed by atoms with Crippen LogP contribution in [0.5, 0.6) is 0 Å². The fraction of sp³-hybridized carbons (Fsp3) is 0.200. The lowest BCUT2D eigenvalue weighted by molar-refractivity contribution is 0.0889. The van der Waals surface area contributed by atoms with Crippen LogP contribution < -0.4 is 10.2 Å². The maximum atomic E-state index is 12.9. The smallest absolute Gasteiger partial charge is 0.414 e. The summed E-state index contributed by atoms with van der Waals surface area (Å²) in [5, 5.41) is 2.63. The third kappa shape index (κ3) is 2.93. The Morgan fingerprint density at radius 2 is 2.09 bits per heavy atom. The van der Waals surface area contributed by atoms with Crippen molar-refractivity contribution in [2.75, 3.05) is 18.0 Å². The van der Waals surface area contributed by atoms with Gasteiger partial charge in [0.2, 0.25) is 0 Å². The van der Waals surface area contributed by atoms with Gasteiger partial charge < -0.3 is 14.5 Å². The van der Waals surface area contributed by atoms with Crippen LogP contribution in [0.4, 0.5) is 14.9 Å². The van der Waals surface area contributed by atoms with Crippen LogP contribution in [-0.4, -0.2) is 31.2 Å². The van der Waals surface area contributed by atoms with Gasteiger partial charge in [-0.2, -0.15) is 0 Å². The fourth-order valence-corrected chi connectivity index (χ4v) is 2.16. The summed E-state index contributed by atoms with van der Waals surface area (Å²) in [4.78, 5) is 24.9. The highest BCUT2D eigenvalue weighted by atomic mass is 19.1. The average molecular weight is 304 g/mol. The van der Waals surface area contributed by atoms with Crippen molar-refractivity contribution >= 4 is 17.7 Å². The lowest BCUT2D eigenvalue weighted by Gasteiger charge is -2.12.